The van der Waals surface area contributed by atoms with Gasteiger partial charge in [0.1, 0.15) is 0 Å². The van der Waals surface area contributed by atoms with Gasteiger partial charge in [0.05, 0.1) is 23.0 Å². The van der Waals surface area contributed by atoms with Crippen molar-refractivity contribution in [3.63, 3.8) is 0 Å². The van der Waals surface area contributed by atoms with Gasteiger partial charge in [-0.1, -0.05) is 31.2 Å². The van der Waals surface area contributed by atoms with E-state index in [0.29, 0.717) is 24.2 Å². The van der Waals surface area contributed by atoms with E-state index >= 15 is 0 Å². The minimum Gasteiger partial charge on any atom is -0.388 e. The number of halogens is 3. The maximum atomic E-state index is 13.5. The zero-order chi connectivity index (χ0) is 24.0. The molecule has 0 aliphatic carbocycles. The molecule has 1 aromatic carbocycles. The molecule has 2 aromatic rings. The third kappa shape index (κ3) is 5.56. The van der Waals surface area contributed by atoms with Gasteiger partial charge in [-0.2, -0.15) is 18.3 Å². The van der Waals surface area contributed by atoms with E-state index in [1.54, 1.807) is 26.0 Å². The number of anilines is 2. The van der Waals surface area contributed by atoms with Crippen LogP contribution in [-0.4, -0.2) is 29.2 Å². The Bertz CT molecular complexity index is 1080. The monoisotopic (exact) mass is 457 g/mol. The molecule has 1 aliphatic rings. The summed E-state index contributed by atoms with van der Waals surface area (Å²) in [7, 11) is 1.81. The first-order valence-electron chi connectivity index (χ1n) is 11.1. The highest BCUT2D eigenvalue weighted by molar-refractivity contribution is 5.93. The van der Waals surface area contributed by atoms with E-state index in [4.69, 9.17) is 5.41 Å². The zero-order valence-corrected chi connectivity index (χ0v) is 19.1. The lowest BCUT2D eigenvalue weighted by atomic mass is 10.0. The molecule has 8 heteroatoms. The Hall–Kier alpha value is -3.29. The standard InChI is InChI=1S/C25H30F3N5/c1-4-8-17(14-18(9-5-2)25(26,27)28)23-15-24-22(12-7-13-33(24)32-23)31-21-11-6-10-20(30-3)19(21)16-29/h4,6,8-11,14-16,22,29-31H,5,7,12-13H2,1-3H3/b8-4-,17-14+,18-9-,29-16?. The summed E-state index contributed by atoms with van der Waals surface area (Å²) in [5.74, 6) is 0. The van der Waals surface area contributed by atoms with Gasteiger partial charge in [-0.05, 0) is 50.5 Å². The Morgan fingerprint density at radius 1 is 1.30 bits per heavy atom. The predicted molar refractivity (Wildman–Crippen MR) is 129 cm³/mol. The molecule has 33 heavy (non-hydrogen) atoms. The molecule has 1 aromatic heterocycles. The van der Waals surface area contributed by atoms with Crippen molar-refractivity contribution in [1.82, 2.24) is 9.78 Å². The predicted octanol–water partition coefficient (Wildman–Crippen LogP) is 6.73. The van der Waals surface area contributed by atoms with Crippen molar-refractivity contribution in [2.75, 3.05) is 17.7 Å². The fraction of sp³-hybridized carbons (Fsp3) is 0.360. The lowest BCUT2D eigenvalue weighted by molar-refractivity contribution is -0.0883. The number of allylic oxidation sites excluding steroid dienone is 6. The minimum absolute atomic E-state index is 0.0640. The van der Waals surface area contributed by atoms with Gasteiger partial charge in [-0.15, -0.1) is 0 Å². The number of alkyl halides is 3. The number of benzene rings is 1. The molecular formula is C25H30F3N5. The zero-order valence-electron chi connectivity index (χ0n) is 19.1. The third-order valence-electron chi connectivity index (χ3n) is 5.58. The third-order valence-corrected chi connectivity index (χ3v) is 5.58. The molecule has 3 N–H and O–H groups in total. The molecule has 0 saturated carbocycles. The fourth-order valence-electron chi connectivity index (χ4n) is 4.05. The van der Waals surface area contributed by atoms with Crippen LogP contribution in [0.5, 0.6) is 0 Å². The second-order valence-electron chi connectivity index (χ2n) is 7.84. The molecule has 2 heterocycles. The average molecular weight is 458 g/mol. The summed E-state index contributed by atoms with van der Waals surface area (Å²) in [6, 6.07) is 7.55. The normalized spacial score (nSPS) is 17.2. The Labute approximate surface area is 192 Å². The Morgan fingerprint density at radius 3 is 2.70 bits per heavy atom. The Kier molecular flexibility index (Phi) is 7.79. The molecule has 0 saturated heterocycles. The topological polar surface area (TPSA) is 65.7 Å². The van der Waals surface area contributed by atoms with Gasteiger partial charge in [-0.3, -0.25) is 4.68 Å². The lowest BCUT2D eigenvalue weighted by Crippen LogP contribution is -2.22. The van der Waals surface area contributed by atoms with Crippen molar-refractivity contribution < 1.29 is 13.2 Å². The first kappa shape index (κ1) is 24.4. The van der Waals surface area contributed by atoms with Gasteiger partial charge in [0.2, 0.25) is 0 Å². The molecule has 1 aliphatic heterocycles. The molecule has 0 radical (unpaired) electrons. The molecule has 5 nitrogen and oxygen atoms in total. The van der Waals surface area contributed by atoms with Crippen molar-refractivity contribution in [3.8, 4) is 0 Å². The number of hydrogen-bond acceptors (Lipinski definition) is 4. The van der Waals surface area contributed by atoms with Crippen molar-refractivity contribution in [2.45, 2.75) is 51.9 Å². The maximum Gasteiger partial charge on any atom is 0.416 e. The van der Waals surface area contributed by atoms with Gasteiger partial charge >= 0.3 is 6.18 Å². The largest absolute Gasteiger partial charge is 0.416 e. The summed E-state index contributed by atoms with van der Waals surface area (Å²) in [5, 5.41) is 19.1. The smallest absolute Gasteiger partial charge is 0.388 e. The van der Waals surface area contributed by atoms with Crippen molar-refractivity contribution in [1.29, 1.82) is 5.41 Å². The molecular weight excluding hydrogens is 427 g/mol. The molecule has 3 rings (SSSR count). The van der Waals surface area contributed by atoms with E-state index in [1.807, 2.05) is 36.0 Å². The van der Waals surface area contributed by atoms with Crippen molar-refractivity contribution in [2.24, 2.45) is 0 Å². The number of aryl methyl sites for hydroxylation is 1. The highest BCUT2D eigenvalue weighted by Gasteiger charge is 2.32. The van der Waals surface area contributed by atoms with Gasteiger partial charge in [0.15, 0.2) is 0 Å². The second-order valence-corrected chi connectivity index (χ2v) is 7.84. The maximum absolute atomic E-state index is 13.5. The number of nitrogens with zero attached hydrogens (tertiary/aromatic N) is 2. The first-order valence-corrected chi connectivity index (χ1v) is 11.1. The van der Waals surface area contributed by atoms with Crippen LogP contribution in [0.4, 0.5) is 24.5 Å². The highest BCUT2D eigenvalue weighted by Crippen LogP contribution is 2.35. The van der Waals surface area contributed by atoms with E-state index in [-0.39, 0.29) is 6.04 Å². The highest BCUT2D eigenvalue weighted by atomic mass is 19.4. The number of aromatic nitrogens is 2. The van der Waals surface area contributed by atoms with Crippen LogP contribution in [0.2, 0.25) is 0 Å². The minimum atomic E-state index is -4.42. The molecule has 0 bridgehead atoms. The van der Waals surface area contributed by atoms with Crippen LogP contribution in [0.3, 0.4) is 0 Å². The summed E-state index contributed by atoms with van der Waals surface area (Å²) in [4.78, 5) is 0. The summed E-state index contributed by atoms with van der Waals surface area (Å²) < 4.78 is 42.3. The molecule has 0 spiro atoms. The van der Waals surface area contributed by atoms with E-state index in [1.165, 1.54) is 18.4 Å². The van der Waals surface area contributed by atoms with Crippen molar-refractivity contribution in [3.05, 3.63) is 71.1 Å². The molecule has 176 valence electrons. The van der Waals surface area contributed by atoms with Crippen LogP contribution in [-0.2, 0) is 6.54 Å². The summed E-state index contributed by atoms with van der Waals surface area (Å²) in [5.41, 5.74) is 3.62. The number of rotatable bonds is 8. The summed E-state index contributed by atoms with van der Waals surface area (Å²) >= 11 is 0. The molecule has 1 unspecified atom stereocenters. The number of nitrogens with one attached hydrogen (secondary N) is 3. The van der Waals surface area contributed by atoms with Gasteiger partial charge in [0, 0.05) is 42.3 Å². The van der Waals surface area contributed by atoms with Gasteiger partial charge in [-0.25, -0.2) is 0 Å². The summed E-state index contributed by atoms with van der Waals surface area (Å²) in [6.07, 6.45) is 4.68. The lowest BCUT2D eigenvalue weighted by Gasteiger charge is -2.26. The van der Waals surface area contributed by atoms with Gasteiger partial charge < -0.3 is 16.0 Å². The van der Waals surface area contributed by atoms with Crippen LogP contribution >= 0.6 is 0 Å². The quantitative estimate of drug-likeness (QED) is 0.304. The van der Waals surface area contributed by atoms with Crippen LogP contribution in [0.25, 0.3) is 5.57 Å². The second kappa shape index (κ2) is 10.6. The average Bonchev–Trinajstić information content (AvgIpc) is 3.22. The number of hydrogen-bond donors (Lipinski definition) is 3. The van der Waals surface area contributed by atoms with E-state index in [0.717, 1.165) is 35.5 Å². The van der Waals surface area contributed by atoms with Gasteiger partial charge in [0.25, 0.3) is 0 Å². The summed E-state index contributed by atoms with van der Waals surface area (Å²) in [6.45, 7) is 4.17. The van der Waals surface area contributed by atoms with E-state index in [2.05, 4.69) is 15.7 Å². The first-order chi connectivity index (χ1) is 15.8. The van der Waals surface area contributed by atoms with Crippen molar-refractivity contribution >= 4 is 23.2 Å². The van der Waals surface area contributed by atoms with Crippen LogP contribution in [0.15, 0.2) is 54.1 Å². The van der Waals surface area contributed by atoms with Crippen LogP contribution in [0, 0.1) is 5.41 Å². The van der Waals surface area contributed by atoms with Crippen LogP contribution < -0.4 is 10.6 Å². The Morgan fingerprint density at radius 2 is 2.06 bits per heavy atom. The van der Waals surface area contributed by atoms with E-state index < -0.39 is 11.7 Å². The molecule has 1 atom stereocenters. The van der Waals surface area contributed by atoms with Crippen LogP contribution in [0.1, 0.15) is 56.1 Å². The fourth-order valence-corrected chi connectivity index (χ4v) is 4.05. The Balaban J connectivity index is 1.99. The van der Waals surface area contributed by atoms with E-state index in [9.17, 15) is 13.2 Å². The molecule has 0 amide bonds. The SMILES string of the molecule is C\C=C/C(=C\C(=C\CC)C(F)(F)F)c1cc2n(n1)CCCC2Nc1cccc(NC)c1C=N. The molecule has 0 fully saturated rings. The number of fused-ring (bicyclic) bond motifs is 1.